The van der Waals surface area contributed by atoms with Crippen molar-refractivity contribution in [3.8, 4) is 5.69 Å². The summed E-state index contributed by atoms with van der Waals surface area (Å²) >= 11 is 3.36. The molecule has 2 rings (SSSR count). The van der Waals surface area contributed by atoms with E-state index < -0.39 is 5.97 Å². The molecule has 22 heavy (non-hydrogen) atoms. The molecule has 0 saturated heterocycles. The van der Waals surface area contributed by atoms with E-state index in [4.69, 9.17) is 0 Å². The number of carbonyl (C=O) groups excluding carboxylic acids is 2. The highest BCUT2D eigenvalue weighted by Gasteiger charge is 2.11. The van der Waals surface area contributed by atoms with E-state index in [1.54, 1.807) is 0 Å². The van der Waals surface area contributed by atoms with Crippen LogP contribution in [0.1, 0.15) is 18.7 Å². The monoisotopic (exact) mass is 367 g/mol. The zero-order valence-electron chi connectivity index (χ0n) is 11.8. The Bertz CT molecular complexity index is 656. The molecule has 8 nitrogen and oxygen atoms in total. The summed E-state index contributed by atoms with van der Waals surface area (Å²) in [4.78, 5) is 22.6. The van der Waals surface area contributed by atoms with Crippen molar-refractivity contribution in [2.75, 3.05) is 7.11 Å². The van der Waals surface area contributed by atoms with Gasteiger partial charge in [0.05, 0.1) is 25.8 Å². The second-order valence-electron chi connectivity index (χ2n) is 4.34. The van der Waals surface area contributed by atoms with Crippen LogP contribution in [-0.4, -0.2) is 39.2 Å². The van der Waals surface area contributed by atoms with Gasteiger partial charge in [0, 0.05) is 10.9 Å². The fourth-order valence-corrected chi connectivity index (χ4v) is 1.95. The first-order chi connectivity index (χ1) is 10.6. The summed E-state index contributed by atoms with van der Waals surface area (Å²) in [7, 11) is 1.28. The van der Waals surface area contributed by atoms with Gasteiger partial charge < -0.3 is 10.1 Å². The average Bonchev–Trinajstić information content (AvgIpc) is 2.99. The highest BCUT2D eigenvalue weighted by atomic mass is 79.9. The van der Waals surface area contributed by atoms with Crippen LogP contribution in [0.3, 0.4) is 0 Å². The number of esters is 1. The summed E-state index contributed by atoms with van der Waals surface area (Å²) in [6.45, 7) is 0.170. The van der Waals surface area contributed by atoms with Crippen molar-refractivity contribution in [3.63, 3.8) is 0 Å². The lowest BCUT2D eigenvalue weighted by Crippen LogP contribution is -2.25. The SMILES string of the molecule is COC(=O)CCC(=O)NCc1nnnn1-c1ccc(Br)cc1. The predicted molar refractivity (Wildman–Crippen MR) is 80.0 cm³/mol. The normalized spacial score (nSPS) is 10.3. The highest BCUT2D eigenvalue weighted by molar-refractivity contribution is 9.10. The van der Waals surface area contributed by atoms with E-state index in [0.29, 0.717) is 5.82 Å². The molecule has 0 fully saturated rings. The Kier molecular flexibility index (Phi) is 5.59. The molecule has 0 spiro atoms. The fourth-order valence-electron chi connectivity index (χ4n) is 1.68. The molecule has 0 bridgehead atoms. The number of nitrogens with one attached hydrogen (secondary N) is 1. The Morgan fingerprint density at radius 2 is 2.00 bits per heavy atom. The number of amides is 1. The van der Waals surface area contributed by atoms with Crippen LogP contribution >= 0.6 is 15.9 Å². The molecular formula is C13H14BrN5O3. The molecule has 0 saturated carbocycles. The van der Waals surface area contributed by atoms with Gasteiger partial charge in [-0.15, -0.1) is 5.10 Å². The van der Waals surface area contributed by atoms with E-state index in [9.17, 15) is 9.59 Å². The molecule has 0 atom stereocenters. The molecule has 0 aliphatic rings. The summed E-state index contributed by atoms with van der Waals surface area (Å²) in [5.41, 5.74) is 0.784. The third kappa shape index (κ3) is 4.35. The zero-order chi connectivity index (χ0) is 15.9. The van der Waals surface area contributed by atoms with E-state index in [0.717, 1.165) is 10.2 Å². The van der Waals surface area contributed by atoms with E-state index >= 15 is 0 Å². The maximum Gasteiger partial charge on any atom is 0.306 e. The lowest BCUT2D eigenvalue weighted by atomic mass is 10.3. The Balaban J connectivity index is 1.94. The maximum absolute atomic E-state index is 11.6. The van der Waals surface area contributed by atoms with Crippen LogP contribution in [0.5, 0.6) is 0 Å². The largest absolute Gasteiger partial charge is 0.469 e. The molecule has 9 heteroatoms. The summed E-state index contributed by atoms with van der Waals surface area (Å²) in [5.74, 6) is -0.195. The number of aromatic nitrogens is 4. The average molecular weight is 368 g/mol. The minimum absolute atomic E-state index is 0.0417. The first-order valence-electron chi connectivity index (χ1n) is 6.47. The van der Waals surface area contributed by atoms with Gasteiger partial charge in [-0.3, -0.25) is 9.59 Å². The Labute approximate surface area is 135 Å². The number of halogens is 1. The minimum Gasteiger partial charge on any atom is -0.469 e. The van der Waals surface area contributed by atoms with Gasteiger partial charge in [-0.05, 0) is 34.7 Å². The minimum atomic E-state index is -0.421. The van der Waals surface area contributed by atoms with E-state index in [1.165, 1.54) is 11.8 Å². The molecule has 1 aromatic carbocycles. The number of ether oxygens (including phenoxy) is 1. The second kappa shape index (κ2) is 7.64. The topological polar surface area (TPSA) is 99.0 Å². The summed E-state index contributed by atoms with van der Waals surface area (Å²) in [6.07, 6.45) is 0.104. The lowest BCUT2D eigenvalue weighted by molar-refractivity contribution is -0.142. The van der Waals surface area contributed by atoms with Crippen LogP contribution in [0.15, 0.2) is 28.7 Å². The molecule has 0 aliphatic heterocycles. The van der Waals surface area contributed by atoms with Gasteiger partial charge in [-0.1, -0.05) is 15.9 Å². The molecular weight excluding hydrogens is 354 g/mol. The fraction of sp³-hybridized carbons (Fsp3) is 0.308. The van der Waals surface area contributed by atoms with Crippen molar-refractivity contribution in [1.82, 2.24) is 25.5 Å². The van der Waals surface area contributed by atoms with E-state index in [2.05, 4.69) is 41.5 Å². The molecule has 1 N–H and O–H groups in total. The lowest BCUT2D eigenvalue weighted by Gasteiger charge is -2.06. The molecule has 0 radical (unpaired) electrons. The number of methoxy groups -OCH3 is 1. The first-order valence-corrected chi connectivity index (χ1v) is 7.26. The number of benzene rings is 1. The van der Waals surface area contributed by atoms with Crippen LogP contribution in [0, 0.1) is 0 Å². The third-order valence-corrected chi connectivity index (χ3v) is 3.36. The molecule has 2 aromatic rings. The number of hydrogen-bond donors (Lipinski definition) is 1. The number of tetrazole rings is 1. The van der Waals surface area contributed by atoms with Crippen molar-refractivity contribution in [2.24, 2.45) is 0 Å². The van der Waals surface area contributed by atoms with Crippen molar-refractivity contribution in [1.29, 1.82) is 0 Å². The Morgan fingerprint density at radius 1 is 1.27 bits per heavy atom. The third-order valence-electron chi connectivity index (χ3n) is 2.83. The smallest absolute Gasteiger partial charge is 0.306 e. The molecule has 116 valence electrons. The molecule has 1 heterocycles. The summed E-state index contributed by atoms with van der Waals surface area (Å²) in [6, 6.07) is 7.44. The molecule has 0 unspecified atom stereocenters. The van der Waals surface area contributed by atoms with Crippen LogP contribution in [0.2, 0.25) is 0 Å². The van der Waals surface area contributed by atoms with Gasteiger partial charge in [-0.2, -0.15) is 4.68 Å². The van der Waals surface area contributed by atoms with Crippen molar-refractivity contribution >= 4 is 27.8 Å². The molecule has 1 amide bonds. The Hall–Kier alpha value is -2.29. The summed E-state index contributed by atoms with van der Waals surface area (Å²) in [5, 5.41) is 14.1. The second-order valence-corrected chi connectivity index (χ2v) is 5.25. The van der Waals surface area contributed by atoms with Crippen LogP contribution in [0.25, 0.3) is 5.69 Å². The number of carbonyl (C=O) groups is 2. The zero-order valence-corrected chi connectivity index (χ0v) is 13.4. The maximum atomic E-state index is 11.6. The highest BCUT2D eigenvalue weighted by Crippen LogP contribution is 2.13. The van der Waals surface area contributed by atoms with Crippen LogP contribution < -0.4 is 5.32 Å². The van der Waals surface area contributed by atoms with Gasteiger partial charge in [0.15, 0.2) is 5.82 Å². The van der Waals surface area contributed by atoms with E-state index in [1.807, 2.05) is 24.3 Å². The van der Waals surface area contributed by atoms with Crippen molar-refractivity contribution in [3.05, 3.63) is 34.6 Å². The number of nitrogens with zero attached hydrogens (tertiary/aromatic N) is 4. The van der Waals surface area contributed by atoms with Crippen molar-refractivity contribution in [2.45, 2.75) is 19.4 Å². The standard InChI is InChI=1S/C13H14BrN5O3/c1-22-13(21)7-6-12(20)15-8-11-16-17-18-19(11)10-4-2-9(14)3-5-10/h2-5H,6-8H2,1H3,(H,15,20). The van der Waals surface area contributed by atoms with Crippen LogP contribution in [0.4, 0.5) is 0 Å². The first kappa shape index (κ1) is 16.1. The molecule has 1 aromatic heterocycles. The van der Waals surface area contributed by atoms with E-state index in [-0.39, 0.29) is 25.3 Å². The van der Waals surface area contributed by atoms with Gasteiger partial charge in [-0.25, -0.2) is 0 Å². The van der Waals surface area contributed by atoms with Gasteiger partial charge in [0.25, 0.3) is 0 Å². The Morgan fingerprint density at radius 3 is 2.68 bits per heavy atom. The number of rotatable bonds is 6. The molecule has 0 aliphatic carbocycles. The quantitative estimate of drug-likeness (QED) is 0.764. The van der Waals surface area contributed by atoms with Gasteiger partial charge in [0.1, 0.15) is 0 Å². The van der Waals surface area contributed by atoms with Gasteiger partial charge in [0.2, 0.25) is 5.91 Å². The van der Waals surface area contributed by atoms with Crippen LogP contribution in [-0.2, 0) is 20.9 Å². The van der Waals surface area contributed by atoms with Gasteiger partial charge >= 0.3 is 5.97 Å². The predicted octanol–water partition coefficient (Wildman–Crippen LogP) is 0.994. The number of hydrogen-bond acceptors (Lipinski definition) is 6. The van der Waals surface area contributed by atoms with Crippen molar-refractivity contribution < 1.29 is 14.3 Å². The summed E-state index contributed by atoms with van der Waals surface area (Å²) < 4.78 is 6.96.